The highest BCUT2D eigenvalue weighted by Gasteiger charge is 2.45. The maximum Gasteiger partial charge on any atom is 0.334 e. The Morgan fingerprint density at radius 3 is 2.28 bits per heavy atom. The van der Waals surface area contributed by atoms with E-state index in [0.29, 0.717) is 28.8 Å². The second-order valence-electron chi connectivity index (χ2n) is 11.2. The van der Waals surface area contributed by atoms with Crippen LogP contribution in [-0.4, -0.2) is 104 Å². The predicted octanol–water partition coefficient (Wildman–Crippen LogP) is 3.69. The van der Waals surface area contributed by atoms with E-state index in [1.165, 1.54) is 15.5 Å². The molecule has 46 heavy (non-hydrogen) atoms. The number of methoxy groups -OCH3 is 2. The highest BCUT2D eigenvalue weighted by molar-refractivity contribution is 6.33. The van der Waals surface area contributed by atoms with Crippen molar-refractivity contribution in [3.63, 3.8) is 0 Å². The number of carbonyl (C=O) groups excluding carboxylic acids is 3. The van der Waals surface area contributed by atoms with Crippen LogP contribution in [0.4, 0.5) is 10.5 Å². The fourth-order valence-electron chi connectivity index (χ4n) is 5.53. The number of urea groups is 1. The zero-order valence-corrected chi connectivity index (χ0v) is 27.7. The topological polar surface area (TPSA) is 118 Å². The van der Waals surface area contributed by atoms with Gasteiger partial charge >= 0.3 is 6.03 Å². The van der Waals surface area contributed by atoms with Gasteiger partial charge in [-0.05, 0) is 36.8 Å². The average molecular weight is 653 g/mol. The normalized spacial score (nSPS) is 16.3. The Bertz CT molecular complexity index is 1530. The molecule has 3 aromatic carbocycles. The highest BCUT2D eigenvalue weighted by Crippen LogP contribution is 2.32. The summed E-state index contributed by atoms with van der Waals surface area (Å²) in [5, 5.41) is 15.3. The number of hydrogen-bond donors (Lipinski definition) is 2. The molecule has 0 aliphatic carbocycles. The lowest BCUT2D eigenvalue weighted by molar-refractivity contribution is -0.178. The Kier molecular flexibility index (Phi) is 11.2. The van der Waals surface area contributed by atoms with Gasteiger partial charge in [0.1, 0.15) is 18.5 Å². The first-order valence-electron chi connectivity index (χ1n) is 14.7. The molecule has 0 saturated carbocycles. The minimum absolute atomic E-state index is 0.0151. The summed E-state index contributed by atoms with van der Waals surface area (Å²) in [6.07, 6.45) is -0.659. The molecule has 0 spiro atoms. The molecule has 2 aliphatic rings. The number of hydrogen-bond acceptors (Lipinski definition) is 8. The SMILES string of the molecule is COc1cccc(CNC(=O)N2C3CN(Cc4cccc(Cl)c4N(C)C)C(=O)CN3C(=O)CN2C)c1OC.Cc1ccc(O)cc1. The first-order chi connectivity index (χ1) is 21.9. The number of aromatic hydroxyl groups is 1. The number of phenols is 1. The molecule has 13 heteroatoms. The van der Waals surface area contributed by atoms with Crippen LogP contribution in [0, 0.1) is 6.92 Å². The van der Waals surface area contributed by atoms with E-state index < -0.39 is 12.2 Å². The Balaban J connectivity index is 0.000000523. The van der Waals surface area contributed by atoms with Crippen molar-refractivity contribution in [2.75, 3.05) is 59.9 Å². The third kappa shape index (κ3) is 7.75. The molecule has 3 aromatic rings. The van der Waals surface area contributed by atoms with Crippen molar-refractivity contribution in [1.82, 2.24) is 25.1 Å². The number of fused-ring (bicyclic) bond motifs is 1. The molecule has 1 atom stereocenters. The number of phenolic OH excluding ortho intramolecular Hbond substituents is 1. The largest absolute Gasteiger partial charge is 0.508 e. The minimum Gasteiger partial charge on any atom is -0.508 e. The lowest BCUT2D eigenvalue weighted by Gasteiger charge is -2.51. The molecule has 2 fully saturated rings. The zero-order valence-electron chi connectivity index (χ0n) is 27.0. The van der Waals surface area contributed by atoms with Crippen LogP contribution in [0.1, 0.15) is 16.7 Å². The molecule has 12 nitrogen and oxygen atoms in total. The molecule has 2 heterocycles. The van der Waals surface area contributed by atoms with Gasteiger partial charge in [-0.3, -0.25) is 9.59 Å². The maximum atomic E-state index is 13.5. The van der Waals surface area contributed by atoms with Crippen LogP contribution >= 0.6 is 11.6 Å². The van der Waals surface area contributed by atoms with Crippen LogP contribution < -0.4 is 19.7 Å². The molecule has 246 valence electrons. The predicted molar refractivity (Wildman–Crippen MR) is 176 cm³/mol. The molecule has 0 radical (unpaired) electrons. The van der Waals surface area contributed by atoms with Crippen molar-refractivity contribution in [1.29, 1.82) is 0 Å². The molecule has 0 bridgehead atoms. The Morgan fingerprint density at radius 1 is 0.978 bits per heavy atom. The van der Waals surface area contributed by atoms with Gasteiger partial charge in [0, 0.05) is 39.8 Å². The van der Waals surface area contributed by atoms with Crippen molar-refractivity contribution >= 4 is 35.1 Å². The van der Waals surface area contributed by atoms with E-state index in [0.717, 1.165) is 16.8 Å². The van der Waals surface area contributed by atoms with Gasteiger partial charge < -0.3 is 34.6 Å². The van der Waals surface area contributed by atoms with Gasteiger partial charge in [-0.2, -0.15) is 0 Å². The Labute approximate surface area is 274 Å². The third-order valence-electron chi connectivity index (χ3n) is 7.77. The first kappa shape index (κ1) is 34.2. The molecule has 2 N–H and O–H groups in total. The average Bonchev–Trinajstić information content (AvgIpc) is 3.02. The summed E-state index contributed by atoms with van der Waals surface area (Å²) in [5.41, 5.74) is 3.61. The van der Waals surface area contributed by atoms with E-state index in [2.05, 4.69) is 5.32 Å². The lowest BCUT2D eigenvalue weighted by atomic mass is 10.1. The number of halogens is 1. The van der Waals surface area contributed by atoms with Gasteiger partial charge in [-0.1, -0.05) is 53.6 Å². The second-order valence-corrected chi connectivity index (χ2v) is 11.6. The number of nitrogens with zero attached hydrogens (tertiary/aromatic N) is 5. The van der Waals surface area contributed by atoms with E-state index in [-0.39, 0.29) is 38.0 Å². The van der Waals surface area contributed by atoms with E-state index in [4.69, 9.17) is 26.2 Å². The first-order valence-corrected chi connectivity index (χ1v) is 15.1. The molecule has 2 saturated heterocycles. The van der Waals surface area contributed by atoms with Crippen molar-refractivity contribution < 1.29 is 29.0 Å². The van der Waals surface area contributed by atoms with Gasteiger partial charge in [0.05, 0.1) is 38.0 Å². The minimum atomic E-state index is -0.659. The van der Waals surface area contributed by atoms with E-state index >= 15 is 0 Å². The summed E-state index contributed by atoms with van der Waals surface area (Å²) in [6, 6.07) is 17.7. The van der Waals surface area contributed by atoms with Crippen molar-refractivity contribution in [3.05, 3.63) is 82.4 Å². The fraction of sp³-hybridized carbons (Fsp3) is 0.364. The molecule has 1 unspecified atom stereocenters. The summed E-state index contributed by atoms with van der Waals surface area (Å²) >= 11 is 6.44. The number of ether oxygens (including phenoxy) is 2. The molecular formula is C33H41ClN6O6. The number of rotatable bonds is 7. The number of piperazine rings is 1. The number of amides is 4. The van der Waals surface area contributed by atoms with Crippen LogP contribution in [0.5, 0.6) is 17.2 Å². The van der Waals surface area contributed by atoms with Crippen LogP contribution in [0.15, 0.2) is 60.7 Å². The van der Waals surface area contributed by atoms with Gasteiger partial charge in [0.25, 0.3) is 0 Å². The summed E-state index contributed by atoms with van der Waals surface area (Å²) in [5.74, 6) is 1.03. The van der Waals surface area contributed by atoms with Crippen molar-refractivity contribution in [2.24, 2.45) is 0 Å². The number of likely N-dealkylation sites (N-methyl/N-ethyl adjacent to an activating group) is 1. The van der Waals surface area contributed by atoms with E-state index in [9.17, 15) is 14.4 Å². The molecule has 0 aromatic heterocycles. The quantitative estimate of drug-likeness (QED) is 0.397. The van der Waals surface area contributed by atoms with Crippen LogP contribution in [-0.2, 0) is 22.7 Å². The highest BCUT2D eigenvalue weighted by atomic mass is 35.5. The smallest absolute Gasteiger partial charge is 0.334 e. The van der Waals surface area contributed by atoms with Gasteiger partial charge in [-0.15, -0.1) is 0 Å². The molecular weight excluding hydrogens is 612 g/mol. The van der Waals surface area contributed by atoms with Crippen molar-refractivity contribution in [2.45, 2.75) is 26.2 Å². The second kappa shape index (κ2) is 15.1. The van der Waals surface area contributed by atoms with Crippen LogP contribution in [0.2, 0.25) is 5.02 Å². The Hall–Kier alpha value is -4.68. The number of nitrogens with one attached hydrogen (secondary N) is 1. The number of aryl methyl sites for hydroxylation is 1. The third-order valence-corrected chi connectivity index (χ3v) is 8.08. The monoisotopic (exact) mass is 652 g/mol. The Morgan fingerprint density at radius 2 is 1.65 bits per heavy atom. The maximum absolute atomic E-state index is 13.5. The van der Waals surface area contributed by atoms with Crippen molar-refractivity contribution in [3.8, 4) is 17.2 Å². The summed E-state index contributed by atoms with van der Waals surface area (Å²) in [4.78, 5) is 44.4. The van der Waals surface area contributed by atoms with Crippen LogP contribution in [0.25, 0.3) is 0 Å². The van der Waals surface area contributed by atoms with Gasteiger partial charge in [0.2, 0.25) is 11.8 Å². The van der Waals surface area contributed by atoms with Crippen LogP contribution in [0.3, 0.4) is 0 Å². The summed E-state index contributed by atoms with van der Waals surface area (Å²) < 4.78 is 10.8. The summed E-state index contributed by atoms with van der Waals surface area (Å²) in [6.45, 7) is 2.50. The number of benzene rings is 3. The number of carbonyl (C=O) groups is 3. The lowest BCUT2D eigenvalue weighted by Crippen LogP contribution is -2.73. The number of para-hydroxylation sites is 2. The van der Waals surface area contributed by atoms with Gasteiger partial charge in [0.15, 0.2) is 11.5 Å². The molecule has 5 rings (SSSR count). The van der Waals surface area contributed by atoms with E-state index in [1.807, 2.05) is 62.3 Å². The summed E-state index contributed by atoms with van der Waals surface area (Å²) in [7, 11) is 8.56. The van der Waals surface area contributed by atoms with Gasteiger partial charge in [-0.25, -0.2) is 14.8 Å². The van der Waals surface area contributed by atoms with E-state index in [1.54, 1.807) is 55.4 Å². The fourth-order valence-corrected chi connectivity index (χ4v) is 5.89. The number of hydrazine groups is 1. The number of anilines is 1. The molecule has 4 amide bonds. The zero-order chi connectivity index (χ0) is 33.5. The molecule has 2 aliphatic heterocycles. The standard InChI is InChI=1S/C26H33ClN6O5.C7H8O/c1-29(2)24-18(9-6-10-19(24)27)13-31-14-21-32(16-22(31)34)23(35)15-30(3)33(21)26(36)28-12-17-8-7-11-20(37-4)25(17)38-5;1-6-2-4-7(8)5-3-6/h6-11,21H,12-16H2,1-5H3,(H,28,36);2-5,8H,1H3.